The second-order valence-corrected chi connectivity index (χ2v) is 7.52. The van der Waals surface area contributed by atoms with Crippen molar-refractivity contribution in [3.05, 3.63) is 23.2 Å². The standard InChI is InChI=1S/C16H26N2OS/c1-3-15-11-18(6-7-20-15)10-14-8-12(2)16(19-14)9-17-13-4-5-13/h8,13,15,17H,3-7,9-11H2,1-2H3. The predicted molar refractivity (Wildman–Crippen MR) is 85.1 cm³/mol. The summed E-state index contributed by atoms with van der Waals surface area (Å²) in [5.74, 6) is 3.52. The highest BCUT2D eigenvalue weighted by Crippen LogP contribution is 2.24. The van der Waals surface area contributed by atoms with Gasteiger partial charge < -0.3 is 9.73 Å². The fourth-order valence-electron chi connectivity index (χ4n) is 2.76. The zero-order valence-corrected chi connectivity index (χ0v) is 13.5. The van der Waals surface area contributed by atoms with Crippen LogP contribution in [0, 0.1) is 6.92 Å². The Hall–Kier alpha value is -0.450. The van der Waals surface area contributed by atoms with Crippen molar-refractivity contribution in [2.45, 2.75) is 57.5 Å². The van der Waals surface area contributed by atoms with Crippen molar-refractivity contribution in [2.24, 2.45) is 0 Å². The molecule has 1 aliphatic carbocycles. The van der Waals surface area contributed by atoms with E-state index < -0.39 is 0 Å². The van der Waals surface area contributed by atoms with E-state index in [0.717, 1.165) is 35.9 Å². The number of nitrogens with zero attached hydrogens (tertiary/aromatic N) is 1. The third-order valence-corrected chi connectivity index (χ3v) is 5.63. The van der Waals surface area contributed by atoms with Gasteiger partial charge in [0.05, 0.1) is 13.1 Å². The molecule has 1 unspecified atom stereocenters. The summed E-state index contributed by atoms with van der Waals surface area (Å²) in [4.78, 5) is 2.54. The molecule has 1 saturated heterocycles. The van der Waals surface area contributed by atoms with Crippen LogP contribution in [0.2, 0.25) is 0 Å². The first kappa shape index (κ1) is 14.5. The number of aryl methyl sites for hydroxylation is 1. The van der Waals surface area contributed by atoms with Gasteiger partial charge in [-0.1, -0.05) is 6.92 Å². The molecule has 3 nitrogen and oxygen atoms in total. The van der Waals surface area contributed by atoms with E-state index in [0.29, 0.717) is 0 Å². The van der Waals surface area contributed by atoms with Crippen molar-refractivity contribution >= 4 is 11.8 Å². The summed E-state index contributed by atoms with van der Waals surface area (Å²) in [7, 11) is 0. The molecular formula is C16H26N2OS. The van der Waals surface area contributed by atoms with Crippen LogP contribution in [0.5, 0.6) is 0 Å². The third kappa shape index (κ3) is 3.80. The van der Waals surface area contributed by atoms with Crippen LogP contribution in [0.4, 0.5) is 0 Å². The van der Waals surface area contributed by atoms with Gasteiger partial charge in [0.2, 0.25) is 0 Å². The van der Waals surface area contributed by atoms with Gasteiger partial charge >= 0.3 is 0 Å². The van der Waals surface area contributed by atoms with E-state index in [4.69, 9.17) is 4.42 Å². The first-order valence-corrected chi connectivity index (χ1v) is 8.95. The molecule has 4 heteroatoms. The van der Waals surface area contributed by atoms with Gasteiger partial charge in [0.15, 0.2) is 0 Å². The summed E-state index contributed by atoms with van der Waals surface area (Å²) >= 11 is 2.12. The Labute approximate surface area is 126 Å². The van der Waals surface area contributed by atoms with E-state index in [1.807, 2.05) is 0 Å². The van der Waals surface area contributed by atoms with Crippen molar-refractivity contribution in [3.63, 3.8) is 0 Å². The van der Waals surface area contributed by atoms with Gasteiger partial charge in [0.25, 0.3) is 0 Å². The molecule has 112 valence electrons. The van der Waals surface area contributed by atoms with Crippen LogP contribution >= 0.6 is 11.8 Å². The van der Waals surface area contributed by atoms with Crippen LogP contribution in [0.1, 0.15) is 43.3 Å². The minimum Gasteiger partial charge on any atom is -0.463 e. The minimum atomic E-state index is 0.743. The number of rotatable bonds is 6. The Morgan fingerprint density at radius 2 is 2.30 bits per heavy atom. The molecular weight excluding hydrogens is 268 g/mol. The van der Waals surface area contributed by atoms with E-state index >= 15 is 0 Å². The summed E-state index contributed by atoms with van der Waals surface area (Å²) in [6, 6.07) is 2.97. The lowest BCUT2D eigenvalue weighted by atomic mass is 10.2. The van der Waals surface area contributed by atoms with Gasteiger partial charge in [-0.2, -0.15) is 11.8 Å². The lowest BCUT2D eigenvalue weighted by Crippen LogP contribution is -2.36. The molecule has 1 atom stereocenters. The smallest absolute Gasteiger partial charge is 0.120 e. The molecule has 2 heterocycles. The molecule has 0 bridgehead atoms. The Kier molecular flexibility index (Phi) is 4.74. The summed E-state index contributed by atoms with van der Waals surface area (Å²) in [5.41, 5.74) is 1.30. The maximum Gasteiger partial charge on any atom is 0.120 e. The fourth-order valence-corrected chi connectivity index (χ4v) is 4.01. The largest absolute Gasteiger partial charge is 0.463 e. The van der Waals surface area contributed by atoms with Crippen LogP contribution in [-0.4, -0.2) is 35.0 Å². The van der Waals surface area contributed by atoms with Crippen LogP contribution < -0.4 is 5.32 Å². The second-order valence-electron chi connectivity index (χ2n) is 6.11. The average molecular weight is 294 g/mol. The zero-order chi connectivity index (χ0) is 13.9. The van der Waals surface area contributed by atoms with Gasteiger partial charge in [-0.3, -0.25) is 4.90 Å². The highest BCUT2D eigenvalue weighted by atomic mass is 32.2. The maximum atomic E-state index is 6.05. The molecule has 0 spiro atoms. The zero-order valence-electron chi connectivity index (χ0n) is 12.7. The van der Waals surface area contributed by atoms with Crippen LogP contribution in [0.25, 0.3) is 0 Å². The van der Waals surface area contributed by atoms with Crippen LogP contribution in [0.3, 0.4) is 0 Å². The van der Waals surface area contributed by atoms with E-state index in [1.54, 1.807) is 0 Å². The molecule has 3 rings (SSSR count). The number of nitrogens with one attached hydrogen (secondary N) is 1. The molecule has 2 aliphatic rings. The van der Waals surface area contributed by atoms with Crippen LogP contribution in [-0.2, 0) is 13.1 Å². The summed E-state index contributed by atoms with van der Waals surface area (Å²) < 4.78 is 6.05. The molecule has 0 aromatic carbocycles. The van der Waals surface area contributed by atoms with Crippen molar-refractivity contribution in [1.82, 2.24) is 10.2 Å². The Morgan fingerprint density at radius 1 is 1.45 bits per heavy atom. The first-order chi connectivity index (χ1) is 9.74. The lowest BCUT2D eigenvalue weighted by Gasteiger charge is -2.31. The number of hydrogen-bond acceptors (Lipinski definition) is 4. The molecule has 1 aliphatic heterocycles. The average Bonchev–Trinajstić information content (AvgIpc) is 3.21. The van der Waals surface area contributed by atoms with Gasteiger partial charge in [-0.25, -0.2) is 0 Å². The fraction of sp³-hybridized carbons (Fsp3) is 0.750. The van der Waals surface area contributed by atoms with Crippen molar-refractivity contribution < 1.29 is 4.42 Å². The van der Waals surface area contributed by atoms with Crippen LogP contribution in [0.15, 0.2) is 10.5 Å². The van der Waals surface area contributed by atoms with E-state index in [2.05, 4.69) is 41.9 Å². The topological polar surface area (TPSA) is 28.4 Å². The number of thioether (sulfide) groups is 1. The van der Waals surface area contributed by atoms with E-state index in [1.165, 1.54) is 43.7 Å². The normalized spacial score (nSPS) is 24.2. The SMILES string of the molecule is CCC1CN(Cc2cc(C)c(CNC3CC3)o2)CCS1. The molecule has 0 amide bonds. The molecule has 1 N–H and O–H groups in total. The molecule has 0 radical (unpaired) electrons. The van der Waals surface area contributed by atoms with Crippen molar-refractivity contribution in [2.75, 3.05) is 18.8 Å². The van der Waals surface area contributed by atoms with Crippen molar-refractivity contribution in [1.29, 1.82) is 0 Å². The van der Waals surface area contributed by atoms with Crippen molar-refractivity contribution in [3.8, 4) is 0 Å². The second kappa shape index (κ2) is 6.54. The summed E-state index contributed by atoms with van der Waals surface area (Å²) in [5, 5.41) is 4.34. The van der Waals surface area contributed by atoms with E-state index in [-0.39, 0.29) is 0 Å². The number of furan rings is 1. The summed E-state index contributed by atoms with van der Waals surface area (Å²) in [6.45, 7) is 8.72. The predicted octanol–water partition coefficient (Wildman–Crippen LogP) is 3.17. The van der Waals surface area contributed by atoms with E-state index in [9.17, 15) is 0 Å². The highest BCUT2D eigenvalue weighted by Gasteiger charge is 2.22. The highest BCUT2D eigenvalue weighted by molar-refractivity contribution is 8.00. The number of hydrogen-bond donors (Lipinski definition) is 1. The Bertz CT molecular complexity index is 442. The molecule has 20 heavy (non-hydrogen) atoms. The molecule has 2 fully saturated rings. The Morgan fingerprint density at radius 3 is 3.05 bits per heavy atom. The lowest BCUT2D eigenvalue weighted by molar-refractivity contribution is 0.247. The Balaban J connectivity index is 1.55. The minimum absolute atomic E-state index is 0.743. The maximum absolute atomic E-state index is 6.05. The van der Waals surface area contributed by atoms with Gasteiger partial charge in [0.1, 0.15) is 11.5 Å². The van der Waals surface area contributed by atoms with Gasteiger partial charge in [0, 0.05) is 30.1 Å². The molecule has 1 aromatic rings. The molecule has 1 saturated carbocycles. The molecule has 1 aromatic heterocycles. The summed E-state index contributed by atoms with van der Waals surface area (Å²) in [6.07, 6.45) is 3.93. The third-order valence-electron chi connectivity index (χ3n) is 4.26. The first-order valence-electron chi connectivity index (χ1n) is 7.90. The quantitative estimate of drug-likeness (QED) is 0.872. The van der Waals surface area contributed by atoms with Gasteiger partial charge in [-0.15, -0.1) is 0 Å². The monoisotopic (exact) mass is 294 g/mol. The van der Waals surface area contributed by atoms with Gasteiger partial charge in [-0.05, 0) is 37.8 Å².